The van der Waals surface area contributed by atoms with E-state index in [1.165, 1.54) is 0 Å². The number of hydrogen-bond donors (Lipinski definition) is 1. The minimum absolute atomic E-state index is 0.0411. The third-order valence-electron chi connectivity index (χ3n) is 5.33. The maximum absolute atomic E-state index is 12.8. The van der Waals surface area contributed by atoms with Gasteiger partial charge in [-0.15, -0.1) is 15.3 Å². The number of fused-ring (bicyclic) bond motifs is 1. The second-order valence-electron chi connectivity index (χ2n) is 7.11. The summed E-state index contributed by atoms with van der Waals surface area (Å²) in [6.07, 6.45) is 4.12. The van der Waals surface area contributed by atoms with Gasteiger partial charge in [0.1, 0.15) is 12.1 Å². The molecule has 1 unspecified atom stereocenters. The Bertz CT molecular complexity index is 949. The molecule has 1 aliphatic heterocycles. The summed E-state index contributed by atoms with van der Waals surface area (Å²) >= 11 is 3.46. The molecule has 0 saturated carbocycles. The van der Waals surface area contributed by atoms with Crippen LogP contribution in [0.2, 0.25) is 0 Å². The summed E-state index contributed by atoms with van der Waals surface area (Å²) in [5, 5.41) is 15.6. The first-order chi connectivity index (χ1) is 13.6. The van der Waals surface area contributed by atoms with E-state index in [0.29, 0.717) is 0 Å². The van der Waals surface area contributed by atoms with Crippen LogP contribution < -0.4 is 10.2 Å². The quantitative estimate of drug-likeness (QED) is 0.655. The van der Waals surface area contributed by atoms with E-state index in [0.717, 1.165) is 53.9 Å². The fraction of sp³-hybridized carbons (Fsp3) is 0.400. The highest BCUT2D eigenvalue weighted by atomic mass is 79.9. The molecule has 0 aliphatic carbocycles. The van der Waals surface area contributed by atoms with E-state index >= 15 is 0 Å². The van der Waals surface area contributed by atoms with Crippen molar-refractivity contribution in [2.45, 2.75) is 32.2 Å². The van der Waals surface area contributed by atoms with E-state index < -0.39 is 0 Å². The largest absolute Gasteiger partial charge is 0.355 e. The maximum Gasteiger partial charge on any atom is 0.223 e. The van der Waals surface area contributed by atoms with Crippen LogP contribution in [0.1, 0.15) is 37.8 Å². The molecule has 0 bridgehead atoms. The summed E-state index contributed by atoms with van der Waals surface area (Å²) in [7, 11) is 0. The lowest BCUT2D eigenvalue weighted by molar-refractivity contribution is -0.126. The Balaban J connectivity index is 1.36. The molecule has 4 rings (SSSR count). The Hall–Kier alpha value is -2.48. The highest BCUT2D eigenvalue weighted by Crippen LogP contribution is 2.24. The maximum atomic E-state index is 12.8. The number of rotatable bonds is 5. The first-order valence-corrected chi connectivity index (χ1v) is 10.4. The Labute approximate surface area is 172 Å². The van der Waals surface area contributed by atoms with Gasteiger partial charge in [0, 0.05) is 23.5 Å². The number of anilines is 1. The average Bonchev–Trinajstić information content (AvgIpc) is 3.20. The Morgan fingerprint density at radius 1 is 1.21 bits per heavy atom. The molecule has 1 fully saturated rings. The molecular formula is C20H23BrN6O. The number of halogens is 1. The monoisotopic (exact) mass is 442 g/mol. The van der Waals surface area contributed by atoms with Crippen LogP contribution in [0.4, 0.5) is 5.82 Å². The zero-order valence-electron chi connectivity index (χ0n) is 15.8. The van der Waals surface area contributed by atoms with Crippen LogP contribution >= 0.6 is 15.9 Å². The third-order valence-corrected chi connectivity index (χ3v) is 5.86. The van der Waals surface area contributed by atoms with Crippen LogP contribution in [0.15, 0.2) is 47.2 Å². The first kappa shape index (κ1) is 18.9. The van der Waals surface area contributed by atoms with Gasteiger partial charge >= 0.3 is 0 Å². The smallest absolute Gasteiger partial charge is 0.223 e. The zero-order valence-corrected chi connectivity index (χ0v) is 17.3. The van der Waals surface area contributed by atoms with Crippen LogP contribution in [-0.2, 0) is 4.79 Å². The molecule has 0 radical (unpaired) electrons. The predicted octanol–water partition coefficient (Wildman–Crippen LogP) is 3.37. The summed E-state index contributed by atoms with van der Waals surface area (Å²) in [6, 6.07) is 12.1. The second kappa shape index (κ2) is 8.26. The van der Waals surface area contributed by atoms with Gasteiger partial charge in [-0.25, -0.2) is 0 Å². The summed E-state index contributed by atoms with van der Waals surface area (Å²) in [5.74, 6) is 1.09. The number of nitrogens with one attached hydrogen (secondary N) is 1. The van der Waals surface area contributed by atoms with Crippen molar-refractivity contribution in [3.8, 4) is 0 Å². The molecular weight excluding hydrogens is 420 g/mol. The van der Waals surface area contributed by atoms with E-state index in [2.05, 4.69) is 60.5 Å². The number of nitrogens with zero attached hydrogens (tertiary/aromatic N) is 5. The summed E-state index contributed by atoms with van der Waals surface area (Å²) in [6.45, 7) is 3.73. The van der Waals surface area contributed by atoms with Crippen LogP contribution in [0.3, 0.4) is 0 Å². The van der Waals surface area contributed by atoms with Gasteiger partial charge in [0.15, 0.2) is 5.65 Å². The molecule has 1 N–H and O–H groups in total. The molecule has 3 aromatic rings. The van der Waals surface area contributed by atoms with Crippen molar-refractivity contribution in [1.29, 1.82) is 0 Å². The highest BCUT2D eigenvalue weighted by molar-refractivity contribution is 9.10. The van der Waals surface area contributed by atoms with E-state index in [1.807, 2.05) is 24.3 Å². The number of hydrogen-bond acceptors (Lipinski definition) is 5. The van der Waals surface area contributed by atoms with Crippen molar-refractivity contribution >= 4 is 33.3 Å². The lowest BCUT2D eigenvalue weighted by Crippen LogP contribution is -2.42. The number of aromatic nitrogens is 4. The molecule has 2 aromatic heterocycles. The highest BCUT2D eigenvalue weighted by Gasteiger charge is 2.27. The Kier molecular flexibility index (Phi) is 5.57. The number of carbonyl (C=O) groups excluding carboxylic acids is 1. The van der Waals surface area contributed by atoms with Crippen molar-refractivity contribution in [3.05, 3.63) is 52.8 Å². The van der Waals surface area contributed by atoms with Crippen molar-refractivity contribution < 1.29 is 4.79 Å². The van der Waals surface area contributed by atoms with Gasteiger partial charge in [-0.3, -0.25) is 4.79 Å². The van der Waals surface area contributed by atoms with Crippen LogP contribution in [0.5, 0.6) is 0 Å². The molecule has 1 aliphatic rings. The van der Waals surface area contributed by atoms with E-state index in [4.69, 9.17) is 0 Å². The van der Waals surface area contributed by atoms with Crippen molar-refractivity contribution in [2.75, 3.05) is 18.0 Å². The van der Waals surface area contributed by atoms with Gasteiger partial charge in [0.25, 0.3) is 0 Å². The van der Waals surface area contributed by atoms with Gasteiger partial charge < -0.3 is 10.2 Å². The topological polar surface area (TPSA) is 75.4 Å². The van der Waals surface area contributed by atoms with Gasteiger partial charge in [0.05, 0.1) is 6.04 Å². The van der Waals surface area contributed by atoms with Gasteiger partial charge in [-0.05, 0) is 49.1 Å². The number of benzene rings is 1. The lowest BCUT2D eigenvalue weighted by atomic mass is 9.94. The SMILES string of the molecule is CCC(NC(=O)C1CCN(c2ccc3nncn3n2)CC1)c1ccc(Br)cc1. The van der Waals surface area contributed by atoms with Crippen LogP contribution in [0.25, 0.3) is 5.65 Å². The number of carbonyl (C=O) groups is 1. The first-order valence-electron chi connectivity index (χ1n) is 9.62. The minimum atomic E-state index is 0.0411. The molecule has 8 heteroatoms. The van der Waals surface area contributed by atoms with Gasteiger partial charge in [0.2, 0.25) is 5.91 Å². The normalized spacial score (nSPS) is 16.3. The van der Waals surface area contributed by atoms with E-state index in [1.54, 1.807) is 10.8 Å². The summed E-state index contributed by atoms with van der Waals surface area (Å²) in [5.41, 5.74) is 1.87. The molecule has 1 aromatic carbocycles. The zero-order chi connectivity index (χ0) is 19.5. The van der Waals surface area contributed by atoms with Crippen LogP contribution in [0, 0.1) is 5.92 Å². The van der Waals surface area contributed by atoms with Gasteiger partial charge in [-0.1, -0.05) is 35.0 Å². The van der Waals surface area contributed by atoms with Crippen LogP contribution in [-0.4, -0.2) is 38.8 Å². The van der Waals surface area contributed by atoms with Crippen molar-refractivity contribution in [3.63, 3.8) is 0 Å². The van der Waals surface area contributed by atoms with E-state index in [-0.39, 0.29) is 17.9 Å². The molecule has 28 heavy (non-hydrogen) atoms. The number of piperidine rings is 1. The predicted molar refractivity (Wildman–Crippen MR) is 111 cm³/mol. The minimum Gasteiger partial charge on any atom is -0.355 e. The molecule has 3 heterocycles. The summed E-state index contributed by atoms with van der Waals surface area (Å²) in [4.78, 5) is 15.0. The van der Waals surface area contributed by atoms with E-state index in [9.17, 15) is 4.79 Å². The molecule has 146 valence electrons. The molecule has 1 saturated heterocycles. The Morgan fingerprint density at radius 3 is 2.68 bits per heavy atom. The Morgan fingerprint density at radius 2 is 1.96 bits per heavy atom. The summed E-state index contributed by atoms with van der Waals surface area (Å²) < 4.78 is 2.72. The van der Waals surface area contributed by atoms with Gasteiger partial charge in [-0.2, -0.15) is 4.52 Å². The molecule has 7 nitrogen and oxygen atoms in total. The molecule has 1 amide bonds. The van der Waals surface area contributed by atoms with Crippen molar-refractivity contribution in [2.24, 2.45) is 5.92 Å². The average molecular weight is 443 g/mol. The fourth-order valence-corrected chi connectivity index (χ4v) is 3.93. The third kappa shape index (κ3) is 4.01. The number of amides is 1. The molecule has 1 atom stereocenters. The fourth-order valence-electron chi connectivity index (χ4n) is 3.66. The standard InChI is InChI=1S/C20H23BrN6O/c1-2-17(14-3-5-16(21)6-4-14)23-20(28)15-9-11-26(12-10-15)19-8-7-18-24-22-13-27(18)25-19/h3-8,13,15,17H,2,9-12H2,1H3,(H,23,28). The van der Waals surface area contributed by atoms with Crippen molar-refractivity contribution in [1.82, 2.24) is 25.1 Å². The second-order valence-corrected chi connectivity index (χ2v) is 8.02. The molecule has 0 spiro atoms. The lowest BCUT2D eigenvalue weighted by Gasteiger charge is -2.32.